The lowest BCUT2D eigenvalue weighted by molar-refractivity contribution is -0.385. The molecule has 9 aliphatic carbocycles. The van der Waals surface area contributed by atoms with Crippen LogP contribution in [0.25, 0.3) is 0 Å². The van der Waals surface area contributed by atoms with Gasteiger partial charge in [0.1, 0.15) is 0 Å². The van der Waals surface area contributed by atoms with Gasteiger partial charge in [-0.15, -0.1) is 0 Å². The number of nitrogens with zero attached hydrogens (tertiary/aromatic N) is 3. The third-order valence-electron chi connectivity index (χ3n) is 23.9. The molecule has 4 heterocycles. The van der Waals surface area contributed by atoms with E-state index in [1.165, 1.54) is 94.0 Å². The lowest BCUT2D eigenvalue weighted by Crippen LogP contribution is -2.94. The van der Waals surface area contributed by atoms with E-state index in [0.29, 0.717) is 10.8 Å². The SMILES string of the molecule is CC1(c2ccccc2)c2cccc3c2B2c4c(cc(N5c6ccccc6C6(C)CCCCC56C)cc4N(C45CC6CC7CC(C4)C765)c4cccc1c42)N3C12CC3CC4CC(C1)C432. The van der Waals surface area contributed by atoms with Crippen molar-refractivity contribution in [2.24, 2.45) is 46.3 Å². The monoisotopic (exact) mass is 805 g/mol. The van der Waals surface area contributed by atoms with Crippen molar-refractivity contribution >= 4 is 57.2 Å². The molecule has 13 aliphatic rings. The summed E-state index contributed by atoms with van der Waals surface area (Å²) in [6.07, 6.45) is 16.7. The second-order valence-electron chi connectivity index (χ2n) is 24.5. The van der Waals surface area contributed by atoms with Gasteiger partial charge in [-0.05, 0) is 183 Å². The first-order chi connectivity index (χ1) is 30.3. The molecule has 306 valence electrons. The molecule has 0 amide bonds. The summed E-state index contributed by atoms with van der Waals surface area (Å²) in [7, 11) is 0. The molecule has 0 bridgehead atoms. The van der Waals surface area contributed by atoms with E-state index in [-0.39, 0.29) is 34.2 Å². The van der Waals surface area contributed by atoms with Crippen LogP contribution in [0.4, 0.5) is 34.1 Å². The van der Waals surface area contributed by atoms with Gasteiger partial charge in [-0.2, -0.15) is 0 Å². The number of fused-ring (bicyclic) bond motifs is 3. The van der Waals surface area contributed by atoms with Crippen molar-refractivity contribution in [3.05, 3.63) is 125 Å². The second-order valence-corrected chi connectivity index (χ2v) is 24.5. The van der Waals surface area contributed by atoms with Gasteiger partial charge in [0.15, 0.2) is 0 Å². The molecular weight excluding hydrogens is 749 g/mol. The minimum Gasteiger partial charge on any atom is -0.335 e. The van der Waals surface area contributed by atoms with E-state index in [4.69, 9.17) is 0 Å². The molecule has 0 aromatic heterocycles. The van der Waals surface area contributed by atoms with Crippen LogP contribution in [0.1, 0.15) is 120 Å². The van der Waals surface area contributed by atoms with Crippen molar-refractivity contribution in [3.8, 4) is 0 Å². The normalized spacial score (nSPS) is 45.2. The molecule has 5 aromatic carbocycles. The minimum atomic E-state index is -0.245. The molecule has 4 heteroatoms. The lowest BCUT2D eigenvalue weighted by Gasteiger charge is -2.93. The Labute approximate surface area is 367 Å². The van der Waals surface area contributed by atoms with Crippen LogP contribution in [0.3, 0.4) is 0 Å². The summed E-state index contributed by atoms with van der Waals surface area (Å²) in [4.78, 5) is 9.24. The Morgan fingerprint density at radius 3 is 1.52 bits per heavy atom. The maximum absolute atomic E-state index is 3.15. The van der Waals surface area contributed by atoms with Crippen LogP contribution in [-0.2, 0) is 10.8 Å². The fourth-order valence-electron chi connectivity index (χ4n) is 21.8. The molecule has 18 rings (SSSR count). The summed E-state index contributed by atoms with van der Waals surface area (Å²) in [6.45, 7) is 8.15. The molecule has 0 radical (unpaired) electrons. The number of anilines is 6. The highest BCUT2D eigenvalue weighted by atomic mass is 15.3. The number of para-hydroxylation sites is 1. The average molecular weight is 806 g/mol. The zero-order valence-corrected chi connectivity index (χ0v) is 36.7. The topological polar surface area (TPSA) is 9.72 Å². The van der Waals surface area contributed by atoms with Gasteiger partial charge < -0.3 is 14.7 Å². The zero-order valence-electron chi connectivity index (χ0n) is 36.7. The van der Waals surface area contributed by atoms with Gasteiger partial charge in [0.05, 0.1) is 16.6 Å². The first kappa shape index (κ1) is 33.1. The summed E-state index contributed by atoms with van der Waals surface area (Å²) in [5, 5.41) is 0. The highest BCUT2D eigenvalue weighted by Gasteiger charge is 2.91. The summed E-state index contributed by atoms with van der Waals surface area (Å²) in [5.41, 5.74) is 21.8. The maximum atomic E-state index is 3.15. The van der Waals surface area contributed by atoms with Crippen LogP contribution in [0.5, 0.6) is 0 Å². The van der Waals surface area contributed by atoms with E-state index in [2.05, 4.69) is 139 Å². The van der Waals surface area contributed by atoms with E-state index in [1.54, 1.807) is 55.8 Å². The van der Waals surface area contributed by atoms with E-state index < -0.39 is 0 Å². The van der Waals surface area contributed by atoms with Crippen molar-refractivity contribution in [1.82, 2.24) is 0 Å². The minimum absolute atomic E-state index is 0.0215. The molecule has 2 spiro atoms. The maximum Gasteiger partial charge on any atom is 0.252 e. The smallest absolute Gasteiger partial charge is 0.252 e. The first-order valence-corrected chi connectivity index (χ1v) is 25.3. The molecule has 4 aliphatic heterocycles. The quantitative estimate of drug-likeness (QED) is 0.168. The third-order valence-corrected chi connectivity index (χ3v) is 23.9. The van der Waals surface area contributed by atoms with Crippen LogP contribution in [0.15, 0.2) is 103 Å². The van der Waals surface area contributed by atoms with Gasteiger partial charge in [-0.25, -0.2) is 0 Å². The van der Waals surface area contributed by atoms with Crippen LogP contribution >= 0.6 is 0 Å². The molecule has 0 N–H and O–H groups in total. The van der Waals surface area contributed by atoms with E-state index >= 15 is 0 Å². The van der Waals surface area contributed by atoms with Crippen molar-refractivity contribution in [1.29, 1.82) is 0 Å². The number of hydrogen-bond acceptors (Lipinski definition) is 3. The average Bonchev–Trinajstić information content (AvgIpc) is 3.45. The van der Waals surface area contributed by atoms with Crippen LogP contribution in [-0.4, -0.2) is 23.3 Å². The fraction of sp³-hybridized carbons (Fsp3) is 0.483. The number of hydrogen-bond donors (Lipinski definition) is 0. The summed E-state index contributed by atoms with van der Waals surface area (Å²) >= 11 is 0. The second kappa shape index (κ2) is 9.50. The summed E-state index contributed by atoms with van der Waals surface area (Å²) in [5.74, 6) is 5.63. The Morgan fingerprint density at radius 1 is 0.468 bits per heavy atom. The largest absolute Gasteiger partial charge is 0.335 e. The Balaban J connectivity index is 0.976. The van der Waals surface area contributed by atoms with E-state index in [0.717, 1.165) is 35.5 Å². The van der Waals surface area contributed by atoms with Crippen LogP contribution < -0.4 is 31.1 Å². The van der Waals surface area contributed by atoms with Gasteiger partial charge >= 0.3 is 0 Å². The Hall–Kier alpha value is -4.44. The Kier molecular flexibility index (Phi) is 5.08. The predicted octanol–water partition coefficient (Wildman–Crippen LogP) is 10.9. The highest BCUT2D eigenvalue weighted by molar-refractivity contribution is 7.01. The molecule has 0 saturated heterocycles. The van der Waals surface area contributed by atoms with Crippen LogP contribution in [0.2, 0.25) is 0 Å². The molecule has 9 saturated carbocycles. The van der Waals surface area contributed by atoms with E-state index in [9.17, 15) is 0 Å². The van der Waals surface area contributed by atoms with Crippen molar-refractivity contribution in [2.75, 3.05) is 14.7 Å². The summed E-state index contributed by atoms with van der Waals surface area (Å²) < 4.78 is 0. The van der Waals surface area contributed by atoms with Gasteiger partial charge in [0.2, 0.25) is 0 Å². The molecule has 5 aromatic rings. The number of benzene rings is 5. The Morgan fingerprint density at radius 2 is 0.968 bits per heavy atom. The molecule has 3 nitrogen and oxygen atoms in total. The van der Waals surface area contributed by atoms with Crippen molar-refractivity contribution in [2.45, 2.75) is 125 Å². The summed E-state index contributed by atoms with van der Waals surface area (Å²) in [6, 6.07) is 42.3. The molecule has 6 atom stereocenters. The van der Waals surface area contributed by atoms with Crippen LogP contribution in [0, 0.1) is 46.3 Å². The first-order valence-electron chi connectivity index (χ1n) is 25.3. The number of rotatable bonds is 4. The van der Waals surface area contributed by atoms with E-state index in [1.807, 2.05) is 0 Å². The standard InChI is InChI=1S/C58H56BN3/c1-52-21-9-10-22-53(52,2)60(44-18-8-7-15-41(44)52)40-27-47-51-48(28-40)62(56-31-38-25-35-26-39(32-56)58(35,38)56)46-20-12-17-43-50(46)59(51)49-42(54(43,3)33-13-5-4-6-14-33)16-11-19-45(49)61(47)55-29-36-23-34-24-37(30-55)57(34,36)55/h4-8,11-20,27-28,34-39H,9-10,21-26,29-32H2,1-3H3. The third kappa shape index (κ3) is 2.77. The van der Waals surface area contributed by atoms with Gasteiger partial charge in [0.25, 0.3) is 6.71 Å². The lowest BCUT2D eigenvalue weighted by atomic mass is 9.14. The fourth-order valence-corrected chi connectivity index (χ4v) is 21.8. The van der Waals surface area contributed by atoms with Gasteiger partial charge in [0, 0.05) is 55.8 Å². The molecule has 6 unspecified atom stereocenters. The highest BCUT2D eigenvalue weighted by Crippen LogP contribution is 2.92. The van der Waals surface area contributed by atoms with Gasteiger partial charge in [-0.3, -0.25) is 0 Å². The zero-order chi connectivity index (χ0) is 40.3. The van der Waals surface area contributed by atoms with Gasteiger partial charge in [-0.1, -0.05) is 92.6 Å². The predicted molar refractivity (Wildman–Crippen MR) is 251 cm³/mol. The molecular formula is C58H56BN3. The van der Waals surface area contributed by atoms with Crippen molar-refractivity contribution < 1.29 is 0 Å². The molecule has 62 heavy (non-hydrogen) atoms. The Bertz CT molecular complexity index is 2820. The molecule has 9 fully saturated rings. The van der Waals surface area contributed by atoms with Crippen molar-refractivity contribution in [3.63, 3.8) is 0 Å².